The van der Waals surface area contributed by atoms with Crippen LogP contribution >= 0.6 is 0 Å². The van der Waals surface area contributed by atoms with E-state index in [9.17, 15) is 61.5 Å². The zero-order chi connectivity index (χ0) is 49.3. The van der Waals surface area contributed by atoms with Gasteiger partial charge in [-0.3, -0.25) is 20.4 Å². The number of anilines is 6. The molecule has 6 N–H and O–H groups in total. The molecule has 0 bridgehead atoms. The van der Waals surface area contributed by atoms with Gasteiger partial charge < -0.3 is 34.6 Å². The van der Waals surface area contributed by atoms with E-state index in [-0.39, 0.29) is 141 Å². The van der Waals surface area contributed by atoms with E-state index in [0.717, 1.165) is 53.7 Å². The number of nitrogens with one attached hydrogen (secondary N) is 4. The minimum atomic E-state index is -5.59. The first kappa shape index (κ1) is 62.5. The summed E-state index contributed by atoms with van der Waals surface area (Å²) in [5.41, 5.74) is 9.54. The fourth-order valence-electron chi connectivity index (χ4n) is 6.37. The number of nitrogen functional groups attached to an aromatic ring is 1. The van der Waals surface area contributed by atoms with Crippen LogP contribution in [-0.4, -0.2) is 74.9 Å². The van der Waals surface area contributed by atoms with Crippen molar-refractivity contribution >= 4 is 115 Å². The van der Waals surface area contributed by atoms with Gasteiger partial charge in [0.1, 0.15) is 57.6 Å². The first-order chi connectivity index (χ1) is 31.9. The van der Waals surface area contributed by atoms with Crippen LogP contribution in [0.3, 0.4) is 0 Å². The third-order valence-corrected chi connectivity index (χ3v) is 13.1. The van der Waals surface area contributed by atoms with Crippen LogP contribution < -0.4 is 145 Å². The van der Waals surface area contributed by atoms with Crippen molar-refractivity contribution in [2.24, 2.45) is 20.4 Å². The zero-order valence-electron chi connectivity index (χ0n) is 38.3. The van der Waals surface area contributed by atoms with Gasteiger partial charge in [-0.25, -0.2) is 33.7 Å². The van der Waals surface area contributed by atoms with Gasteiger partial charge in [-0.15, -0.1) is 5.11 Å². The summed E-state index contributed by atoms with van der Waals surface area (Å²) in [5.74, 6) is -1.65. The van der Waals surface area contributed by atoms with Gasteiger partial charge >= 0.3 is 118 Å². The molecule has 7 rings (SSSR count). The molecule has 0 aromatic heterocycles. The monoisotopic (exact) mass is 1090 g/mol. The number of azo groups is 1. The van der Waals surface area contributed by atoms with Gasteiger partial charge in [0.2, 0.25) is 5.78 Å². The van der Waals surface area contributed by atoms with Crippen molar-refractivity contribution in [2.75, 3.05) is 27.2 Å². The molecule has 0 heterocycles. The second-order valence-corrected chi connectivity index (χ2v) is 19.7. The van der Waals surface area contributed by atoms with Gasteiger partial charge in [-0.1, -0.05) is 18.2 Å². The molecule has 0 radical (unpaired) electrons. The second kappa shape index (κ2) is 25.2. The van der Waals surface area contributed by atoms with Crippen molar-refractivity contribution in [3.8, 4) is 0 Å². The van der Waals surface area contributed by atoms with Crippen LogP contribution in [0, 0.1) is 6.92 Å². The van der Waals surface area contributed by atoms with E-state index < -0.39 is 99.7 Å². The second-order valence-electron chi connectivity index (χ2n) is 14.3. The molecule has 0 atom stereocenters. The first-order valence-corrected chi connectivity index (χ1v) is 24.5. The zero-order valence-corrected chi connectivity index (χ0v) is 49.5. The number of aryl methyl sites for hydroxylation is 1. The van der Waals surface area contributed by atoms with Gasteiger partial charge in [-0.2, -0.15) is 15.3 Å². The first-order valence-electron chi connectivity index (χ1n) is 18.9. The van der Waals surface area contributed by atoms with Crippen LogP contribution in [0.2, 0.25) is 0 Å². The summed E-state index contributed by atoms with van der Waals surface area (Å²) in [4.78, 5) is 21.9. The van der Waals surface area contributed by atoms with E-state index in [2.05, 4.69) is 41.9 Å². The maximum Gasteiger partial charge on any atom is 1.00 e. The Bertz CT molecular complexity index is 3630. The van der Waals surface area contributed by atoms with Gasteiger partial charge in [0.05, 0.1) is 59.3 Å². The summed E-state index contributed by atoms with van der Waals surface area (Å²) >= 11 is 0. The number of benzene rings is 5. The Labute approximate surface area is 500 Å². The van der Waals surface area contributed by atoms with Crippen LogP contribution in [0.1, 0.15) is 21.5 Å². The van der Waals surface area contributed by atoms with E-state index in [1.54, 1.807) is 12.1 Å². The molecule has 2 aliphatic carbocycles. The summed E-state index contributed by atoms with van der Waals surface area (Å²) in [7, 11) is -21.3. The number of hydrogen-bond acceptors (Lipinski definition) is 23. The molecule has 2 aliphatic rings. The fraction of sp³-hybridized carbons (Fsp3) is 0.0244. The van der Waals surface area contributed by atoms with E-state index in [1.807, 2.05) is 31.2 Å². The summed E-state index contributed by atoms with van der Waals surface area (Å²) in [6, 6.07) is 20.9. The third kappa shape index (κ3) is 15.2. The molecule has 0 saturated heterocycles. The molecule has 0 spiro atoms. The average molecular weight is 1090 g/mol. The summed E-state index contributed by atoms with van der Waals surface area (Å²) in [6.45, 7) is 1.90. The van der Waals surface area contributed by atoms with Crippen molar-refractivity contribution in [3.63, 3.8) is 0 Å². The Hall–Kier alpha value is -3.76. The summed E-state index contributed by atoms with van der Waals surface area (Å²) in [6.07, 6.45) is 4.79. The third-order valence-electron chi connectivity index (χ3n) is 9.63. The number of rotatable bonds is 14. The van der Waals surface area contributed by atoms with Crippen LogP contribution in [0.5, 0.6) is 0 Å². The minimum Gasteiger partial charge on any atom is -0.744 e. The van der Waals surface area contributed by atoms with E-state index in [4.69, 9.17) is 5.73 Å². The number of ketones is 2. The number of para-hydroxylation sites is 1. The SMILES string of the molecule is Cc1ccccc1NC1=CC(=O)C=C/C1=N\Nc1ccc(Nc2ccc(N=Nc3c(S(=O)(=O)[O-])cc4c(c3N)C(=O)/C(=N\Nc3ccc(S(=O)(=O)[O-])cc3)C(S(=O)(=O)[O-])=C4)cc2S(=O)(=O)[O-])cc1.[Na+].[Na+].[Na+].[Na+]. The standard InChI is InChI=1S/C41H33N9O14S4.4Na/c1-22-4-2-3-5-30(22)44-33-21-28(51)13-17-31(33)48-45-25-8-6-24(7-9-25)43-32-16-12-27(20-34(32)66(56,57)58)47-49-39-35(67(59,60)61)18-23-19-36(68(62,63)64)40(41(52)37(23)38(39)42)50-46-26-10-14-29(15-11-26)65(53,54)55;;;;/h2-21,43-46H,42H2,1H3,(H,53,54,55)(H,56,57,58)(H,59,60,61)(H,62,63,64);;;;/q;4*+1/p-4/b48-31+,49-47?,50-40-;;;;. The molecule has 31 heteroatoms. The van der Waals surface area contributed by atoms with Crippen molar-refractivity contribution in [1.29, 1.82) is 0 Å². The Kier molecular flexibility index (Phi) is 21.9. The number of hydrogen-bond donors (Lipinski definition) is 5. The maximum absolute atomic E-state index is 13.8. The van der Waals surface area contributed by atoms with Crippen molar-refractivity contribution < 1.29 is 180 Å². The number of nitrogens with zero attached hydrogens (tertiary/aromatic N) is 4. The predicted molar refractivity (Wildman–Crippen MR) is 243 cm³/mol. The normalized spacial score (nSPS) is 14.7. The molecular weight excluding hydrogens is 1060 g/mol. The Morgan fingerprint density at radius 3 is 1.74 bits per heavy atom. The van der Waals surface area contributed by atoms with Crippen molar-refractivity contribution in [2.45, 2.75) is 21.6 Å². The molecule has 0 saturated carbocycles. The van der Waals surface area contributed by atoms with E-state index >= 15 is 0 Å². The minimum absolute atomic E-state index is 0. The Morgan fingerprint density at radius 2 is 1.15 bits per heavy atom. The van der Waals surface area contributed by atoms with Gasteiger partial charge in [0, 0.05) is 17.5 Å². The van der Waals surface area contributed by atoms with E-state index in [1.165, 1.54) is 30.4 Å². The van der Waals surface area contributed by atoms with Crippen LogP contribution in [0.15, 0.2) is 161 Å². The van der Waals surface area contributed by atoms with Gasteiger partial charge in [0.25, 0.3) is 0 Å². The number of carbonyl (C=O) groups is 2. The maximum atomic E-state index is 13.8. The van der Waals surface area contributed by atoms with Crippen LogP contribution in [-0.2, 0) is 45.3 Å². The Morgan fingerprint density at radius 1 is 0.569 bits per heavy atom. The molecule has 72 heavy (non-hydrogen) atoms. The number of carbonyl (C=O) groups excluding carboxylic acids is 2. The molecule has 0 fully saturated rings. The molecule has 0 amide bonds. The van der Waals surface area contributed by atoms with Crippen LogP contribution in [0.25, 0.3) is 6.08 Å². The van der Waals surface area contributed by atoms with Crippen molar-refractivity contribution in [1.82, 2.24) is 0 Å². The van der Waals surface area contributed by atoms with Crippen molar-refractivity contribution in [3.05, 3.63) is 143 Å². The summed E-state index contributed by atoms with van der Waals surface area (Å²) in [5, 5.41) is 21.5. The molecule has 23 nitrogen and oxygen atoms in total. The number of allylic oxidation sites excluding steroid dienone is 4. The summed E-state index contributed by atoms with van der Waals surface area (Å²) < 4.78 is 145. The smallest absolute Gasteiger partial charge is 0.744 e. The quantitative estimate of drug-likeness (QED) is 0.0172. The average Bonchev–Trinajstić information content (AvgIpc) is 3.25. The van der Waals surface area contributed by atoms with Crippen LogP contribution in [0.4, 0.5) is 45.5 Å². The molecule has 5 aromatic rings. The number of Topliss-reactive ketones (excluding diaryl/α,β-unsaturated/α-hetero) is 1. The topological polar surface area (TPSA) is 387 Å². The van der Waals surface area contributed by atoms with Gasteiger partial charge in [-0.05, 0) is 115 Å². The molecule has 0 unspecified atom stereocenters. The number of hydrazone groups is 2. The van der Waals surface area contributed by atoms with E-state index in [0.29, 0.717) is 29.2 Å². The predicted octanol–water partition coefficient (Wildman–Crippen LogP) is -7.08. The molecule has 350 valence electrons. The fourth-order valence-corrected chi connectivity index (χ4v) is 8.80. The molecular formula is C41H29N9Na4O14S4. The van der Waals surface area contributed by atoms with Gasteiger partial charge in [0.15, 0.2) is 5.78 Å². The Balaban J connectivity index is 0.00000342. The number of fused-ring (bicyclic) bond motifs is 1. The molecule has 5 aromatic carbocycles. The largest absolute Gasteiger partial charge is 1.00 e. The molecule has 0 aliphatic heterocycles. The number of nitrogens with two attached hydrogens (primary N) is 1.